The van der Waals surface area contributed by atoms with Crippen molar-refractivity contribution >= 4 is 11.8 Å². The van der Waals surface area contributed by atoms with Crippen LogP contribution in [0.25, 0.3) is 5.82 Å². The summed E-state index contributed by atoms with van der Waals surface area (Å²) in [5.41, 5.74) is -1.08. The second-order valence-electron chi connectivity index (χ2n) is 5.51. The maximum atomic E-state index is 13.3. The highest BCUT2D eigenvalue weighted by atomic mass is 32.2. The van der Waals surface area contributed by atoms with E-state index in [0.717, 1.165) is 24.2 Å². The van der Waals surface area contributed by atoms with Gasteiger partial charge in [0.2, 0.25) is 0 Å². The molecule has 2 rings (SSSR count). The zero-order valence-corrected chi connectivity index (χ0v) is 15.3. The zero-order valence-electron chi connectivity index (χ0n) is 14.5. The van der Waals surface area contributed by atoms with Crippen molar-refractivity contribution < 1.29 is 48.6 Å². The monoisotopic (exact) mass is 472 g/mol. The lowest BCUT2D eigenvalue weighted by Crippen LogP contribution is -2.54. The minimum atomic E-state index is -6.52. The minimum Gasteiger partial charge on any atom is -0.456 e. The van der Waals surface area contributed by atoms with Crippen LogP contribution in [-0.4, -0.2) is 50.1 Å². The fourth-order valence-electron chi connectivity index (χ4n) is 1.90. The van der Waals surface area contributed by atoms with Crippen LogP contribution < -0.4 is 4.74 Å². The van der Waals surface area contributed by atoms with Crippen LogP contribution in [0.2, 0.25) is 0 Å². The topological polar surface area (TPSA) is 52.8 Å². The van der Waals surface area contributed by atoms with Gasteiger partial charge in [-0.3, -0.25) is 0 Å². The van der Waals surface area contributed by atoms with Crippen LogP contribution in [0.1, 0.15) is 12.5 Å². The SMILES string of the molecule is CCSc1cc(C(F)(F)F)cnc1-n1cnc(OCC(F)(F)C(F)(F)C(F)(F)F)n1. The fraction of sp³-hybridized carbons (Fsp3) is 0.500. The minimum absolute atomic E-state index is 0.0299. The van der Waals surface area contributed by atoms with Crippen molar-refractivity contribution in [2.75, 3.05) is 12.4 Å². The molecule has 0 bridgehead atoms. The summed E-state index contributed by atoms with van der Waals surface area (Å²) < 4.78 is 132. The number of halogens is 10. The van der Waals surface area contributed by atoms with E-state index in [-0.39, 0.29) is 10.7 Å². The number of ether oxygens (including phenoxy) is 1. The quantitative estimate of drug-likeness (QED) is 0.419. The average Bonchev–Trinajstić information content (AvgIpc) is 3.07. The first-order chi connectivity index (χ1) is 13.6. The number of pyridine rings is 1. The molecule has 2 heterocycles. The van der Waals surface area contributed by atoms with E-state index >= 15 is 0 Å². The molecular weight excluding hydrogens is 462 g/mol. The first-order valence-corrected chi connectivity index (χ1v) is 8.66. The van der Waals surface area contributed by atoms with Crippen LogP contribution in [0.15, 0.2) is 23.5 Å². The molecule has 0 saturated heterocycles. The van der Waals surface area contributed by atoms with Crippen LogP contribution in [0.5, 0.6) is 6.01 Å². The number of thioether (sulfide) groups is 1. The van der Waals surface area contributed by atoms with Crippen molar-refractivity contribution in [1.29, 1.82) is 0 Å². The molecule has 16 heteroatoms. The van der Waals surface area contributed by atoms with E-state index in [1.807, 2.05) is 0 Å². The summed E-state index contributed by atoms with van der Waals surface area (Å²) in [5.74, 6) is -11.9. The van der Waals surface area contributed by atoms with E-state index in [4.69, 9.17) is 0 Å². The molecule has 0 fully saturated rings. The average molecular weight is 472 g/mol. The summed E-state index contributed by atoms with van der Waals surface area (Å²) in [6.45, 7) is -0.784. The number of nitrogens with zero attached hydrogens (tertiary/aromatic N) is 4. The molecule has 0 aliphatic rings. The van der Waals surface area contributed by atoms with Gasteiger partial charge in [0.15, 0.2) is 12.4 Å². The predicted octanol–water partition coefficient (Wildman–Crippen LogP) is 5.00. The van der Waals surface area contributed by atoms with E-state index in [2.05, 4.69) is 19.8 Å². The van der Waals surface area contributed by atoms with Crippen molar-refractivity contribution in [3.8, 4) is 11.8 Å². The normalized spacial score (nSPS) is 13.6. The molecule has 0 unspecified atom stereocenters. The molecule has 2 aromatic rings. The second kappa shape index (κ2) is 8.11. The summed E-state index contributed by atoms with van der Waals surface area (Å²) >= 11 is 0.924. The Morgan fingerprint density at radius 1 is 1.00 bits per heavy atom. The van der Waals surface area contributed by atoms with Crippen molar-refractivity contribution in [3.63, 3.8) is 0 Å². The lowest BCUT2D eigenvalue weighted by molar-refractivity contribution is -0.358. The molecule has 5 nitrogen and oxygen atoms in total. The van der Waals surface area contributed by atoms with Gasteiger partial charge in [-0.05, 0) is 11.8 Å². The Morgan fingerprint density at radius 2 is 1.63 bits per heavy atom. The van der Waals surface area contributed by atoms with E-state index < -0.39 is 42.4 Å². The highest BCUT2D eigenvalue weighted by Gasteiger charge is 2.73. The molecule has 0 atom stereocenters. The van der Waals surface area contributed by atoms with E-state index in [0.29, 0.717) is 16.6 Å². The van der Waals surface area contributed by atoms with E-state index in [1.165, 1.54) is 0 Å². The predicted molar refractivity (Wildman–Crippen MR) is 82.0 cm³/mol. The van der Waals surface area contributed by atoms with Crippen molar-refractivity contribution in [2.45, 2.75) is 36.0 Å². The Bertz CT molecular complexity index is 880. The van der Waals surface area contributed by atoms with Crippen LogP contribution in [0, 0.1) is 0 Å². The lowest BCUT2D eigenvalue weighted by Gasteiger charge is -2.27. The van der Waals surface area contributed by atoms with Crippen LogP contribution in [-0.2, 0) is 6.18 Å². The van der Waals surface area contributed by atoms with Crippen LogP contribution >= 0.6 is 11.8 Å². The van der Waals surface area contributed by atoms with E-state index in [1.54, 1.807) is 6.92 Å². The Hall–Kier alpha value is -2.26. The van der Waals surface area contributed by atoms with Gasteiger partial charge >= 0.3 is 30.2 Å². The number of alkyl halides is 10. The highest BCUT2D eigenvalue weighted by Crippen LogP contribution is 2.46. The third-order valence-electron chi connectivity index (χ3n) is 3.35. The molecule has 168 valence electrons. The van der Waals surface area contributed by atoms with Crippen LogP contribution in [0.3, 0.4) is 0 Å². The maximum absolute atomic E-state index is 13.3. The van der Waals surface area contributed by atoms with E-state index in [9.17, 15) is 43.9 Å². The molecule has 0 N–H and O–H groups in total. The third kappa shape index (κ3) is 4.89. The summed E-state index contributed by atoms with van der Waals surface area (Å²) in [4.78, 5) is 6.86. The zero-order chi connectivity index (χ0) is 23.0. The molecule has 0 aliphatic carbocycles. The van der Waals surface area contributed by atoms with Gasteiger partial charge in [-0.1, -0.05) is 6.92 Å². The third-order valence-corrected chi connectivity index (χ3v) is 4.25. The Morgan fingerprint density at radius 3 is 2.17 bits per heavy atom. The van der Waals surface area contributed by atoms with Crippen molar-refractivity contribution in [1.82, 2.24) is 19.7 Å². The van der Waals surface area contributed by atoms with Gasteiger partial charge in [-0.25, -0.2) is 4.98 Å². The Balaban J connectivity index is 2.25. The molecule has 0 radical (unpaired) electrons. The van der Waals surface area contributed by atoms with Gasteiger partial charge < -0.3 is 4.74 Å². The van der Waals surface area contributed by atoms with Gasteiger partial charge in [0.05, 0.1) is 10.5 Å². The Labute approximate surface area is 165 Å². The lowest BCUT2D eigenvalue weighted by atomic mass is 10.2. The summed E-state index contributed by atoms with van der Waals surface area (Å²) in [6.07, 6.45) is -10.00. The van der Waals surface area contributed by atoms with Gasteiger partial charge in [-0.2, -0.15) is 53.6 Å². The number of hydrogen-bond donors (Lipinski definition) is 0. The highest BCUT2D eigenvalue weighted by molar-refractivity contribution is 7.99. The number of aromatic nitrogens is 4. The molecule has 0 saturated carbocycles. The summed E-state index contributed by atoms with van der Waals surface area (Å²) in [5, 5.41) is 3.43. The van der Waals surface area contributed by atoms with Crippen LogP contribution in [0.4, 0.5) is 43.9 Å². The van der Waals surface area contributed by atoms with Gasteiger partial charge in [-0.15, -0.1) is 16.9 Å². The molecule has 0 amide bonds. The van der Waals surface area contributed by atoms with Gasteiger partial charge in [0.25, 0.3) is 0 Å². The molecule has 0 aromatic carbocycles. The second-order valence-corrected chi connectivity index (χ2v) is 6.82. The summed E-state index contributed by atoms with van der Waals surface area (Å²) in [6, 6.07) is -0.265. The van der Waals surface area contributed by atoms with Crippen molar-refractivity contribution in [2.24, 2.45) is 0 Å². The molecular formula is C14H10F10N4OS. The molecule has 0 spiro atoms. The fourth-order valence-corrected chi connectivity index (χ4v) is 2.69. The van der Waals surface area contributed by atoms with Gasteiger partial charge in [0, 0.05) is 6.20 Å². The standard InChI is InChI=1S/C14H10F10N4OS/c1-2-30-8-3-7(12(17,18)19)4-25-9(8)28-6-26-10(27-28)29-5-11(15,16)13(20,21)14(22,23)24/h3-4,6H,2,5H2,1H3. The first-order valence-electron chi connectivity index (χ1n) is 7.67. The number of rotatable bonds is 7. The Kier molecular flexibility index (Phi) is 6.49. The number of hydrogen-bond acceptors (Lipinski definition) is 5. The molecule has 2 aromatic heterocycles. The van der Waals surface area contributed by atoms with Crippen molar-refractivity contribution in [3.05, 3.63) is 24.2 Å². The maximum Gasteiger partial charge on any atom is 0.460 e. The molecule has 0 aliphatic heterocycles. The first kappa shape index (κ1) is 24.0. The van der Waals surface area contributed by atoms with Gasteiger partial charge in [0.1, 0.15) is 6.33 Å². The summed E-state index contributed by atoms with van der Waals surface area (Å²) in [7, 11) is 0. The smallest absolute Gasteiger partial charge is 0.456 e. The molecule has 30 heavy (non-hydrogen) atoms. The largest absolute Gasteiger partial charge is 0.460 e.